The average molecular weight is 386 g/mol. The number of amides is 1. The third kappa shape index (κ3) is 3.85. The summed E-state index contributed by atoms with van der Waals surface area (Å²) >= 11 is 0. The van der Waals surface area contributed by atoms with E-state index in [1.54, 1.807) is 13.2 Å². The van der Waals surface area contributed by atoms with Crippen LogP contribution in [0.15, 0.2) is 71.1 Å². The molecule has 5 heteroatoms. The largest absolute Gasteiger partial charge is 0.495 e. The predicted molar refractivity (Wildman–Crippen MR) is 114 cm³/mol. The lowest BCUT2D eigenvalue weighted by atomic mass is 10.0. The highest BCUT2D eigenvalue weighted by molar-refractivity contribution is 6.05. The second-order valence-corrected chi connectivity index (χ2v) is 7.13. The van der Waals surface area contributed by atoms with Crippen LogP contribution in [-0.4, -0.2) is 18.0 Å². The molecular weight excluding hydrogens is 364 g/mol. The zero-order chi connectivity index (χ0) is 20.4. The average Bonchev–Trinajstić information content (AvgIpc) is 3.18. The number of oxazole rings is 1. The van der Waals surface area contributed by atoms with E-state index in [9.17, 15) is 4.79 Å². The second kappa shape index (κ2) is 7.80. The summed E-state index contributed by atoms with van der Waals surface area (Å²) in [6, 6.07) is 20.7. The third-order valence-corrected chi connectivity index (χ3v) is 4.83. The lowest BCUT2D eigenvalue weighted by molar-refractivity contribution is 0.102. The van der Waals surface area contributed by atoms with Gasteiger partial charge < -0.3 is 14.5 Å². The van der Waals surface area contributed by atoms with Crippen LogP contribution in [0, 0.1) is 0 Å². The maximum absolute atomic E-state index is 12.7. The Hall–Kier alpha value is -3.60. The predicted octanol–water partition coefficient (Wildman–Crippen LogP) is 5.88. The van der Waals surface area contributed by atoms with Crippen LogP contribution < -0.4 is 10.1 Å². The van der Waals surface area contributed by atoms with Gasteiger partial charge in [0, 0.05) is 11.1 Å². The molecule has 4 rings (SSSR count). The van der Waals surface area contributed by atoms with Gasteiger partial charge in [0.25, 0.3) is 5.91 Å². The van der Waals surface area contributed by atoms with E-state index < -0.39 is 0 Å². The van der Waals surface area contributed by atoms with Gasteiger partial charge in [-0.25, -0.2) is 4.98 Å². The first-order valence-corrected chi connectivity index (χ1v) is 9.50. The standard InChI is InChI=1S/C24H22N2O3/c1-15(2)16-8-10-17(11-9-16)23(27)25-20-14-18(12-13-21(20)28-3)24-26-19-6-4-5-7-22(19)29-24/h4-15H,1-3H3,(H,25,27). The number of ether oxygens (including phenoxy) is 1. The van der Waals surface area contributed by atoms with Crippen molar-refractivity contribution in [2.75, 3.05) is 12.4 Å². The number of carbonyl (C=O) groups excluding carboxylic acids is 1. The number of para-hydroxylation sites is 2. The van der Waals surface area contributed by atoms with Crippen LogP contribution in [0.4, 0.5) is 5.69 Å². The van der Waals surface area contributed by atoms with Crippen molar-refractivity contribution in [3.63, 3.8) is 0 Å². The molecule has 1 N–H and O–H groups in total. The van der Waals surface area contributed by atoms with E-state index in [2.05, 4.69) is 24.1 Å². The van der Waals surface area contributed by atoms with Crippen LogP contribution in [0.25, 0.3) is 22.6 Å². The third-order valence-electron chi connectivity index (χ3n) is 4.83. The molecule has 1 heterocycles. The first-order valence-electron chi connectivity index (χ1n) is 9.50. The van der Waals surface area contributed by atoms with Crippen molar-refractivity contribution in [1.82, 2.24) is 4.98 Å². The summed E-state index contributed by atoms with van der Waals surface area (Å²) in [6.07, 6.45) is 0. The molecule has 0 atom stereocenters. The lowest BCUT2D eigenvalue weighted by Crippen LogP contribution is -2.12. The molecule has 0 spiro atoms. The zero-order valence-corrected chi connectivity index (χ0v) is 16.6. The number of aromatic nitrogens is 1. The minimum absolute atomic E-state index is 0.201. The Morgan fingerprint density at radius 2 is 1.79 bits per heavy atom. The molecule has 5 nitrogen and oxygen atoms in total. The summed E-state index contributed by atoms with van der Waals surface area (Å²) in [6.45, 7) is 4.25. The minimum atomic E-state index is -0.201. The molecule has 0 radical (unpaired) electrons. The van der Waals surface area contributed by atoms with Crippen molar-refractivity contribution >= 4 is 22.7 Å². The van der Waals surface area contributed by atoms with Crippen LogP contribution in [0.5, 0.6) is 5.75 Å². The molecule has 1 amide bonds. The van der Waals surface area contributed by atoms with Gasteiger partial charge in [-0.2, -0.15) is 0 Å². The summed E-state index contributed by atoms with van der Waals surface area (Å²) < 4.78 is 11.3. The highest BCUT2D eigenvalue weighted by atomic mass is 16.5. The molecule has 0 aliphatic carbocycles. The van der Waals surface area contributed by atoms with E-state index in [1.165, 1.54) is 5.56 Å². The summed E-state index contributed by atoms with van der Waals surface area (Å²) in [5, 5.41) is 2.94. The van der Waals surface area contributed by atoms with Gasteiger partial charge in [-0.15, -0.1) is 0 Å². The molecule has 0 saturated carbocycles. The van der Waals surface area contributed by atoms with Crippen LogP contribution >= 0.6 is 0 Å². The first kappa shape index (κ1) is 18.7. The quantitative estimate of drug-likeness (QED) is 0.465. The fourth-order valence-corrected chi connectivity index (χ4v) is 3.15. The molecule has 0 saturated heterocycles. The van der Waals surface area contributed by atoms with Gasteiger partial charge in [-0.05, 0) is 53.9 Å². The van der Waals surface area contributed by atoms with E-state index in [0.29, 0.717) is 34.4 Å². The number of anilines is 1. The van der Waals surface area contributed by atoms with Crippen molar-refractivity contribution in [3.05, 3.63) is 77.9 Å². The Morgan fingerprint density at radius 1 is 1.03 bits per heavy atom. The highest BCUT2D eigenvalue weighted by Crippen LogP contribution is 2.32. The number of nitrogens with zero attached hydrogens (tertiary/aromatic N) is 1. The van der Waals surface area contributed by atoms with Crippen molar-refractivity contribution in [1.29, 1.82) is 0 Å². The van der Waals surface area contributed by atoms with E-state index in [0.717, 1.165) is 11.1 Å². The van der Waals surface area contributed by atoms with E-state index in [-0.39, 0.29) is 5.91 Å². The summed E-state index contributed by atoms with van der Waals surface area (Å²) in [5.41, 5.74) is 4.60. The number of hydrogen-bond acceptors (Lipinski definition) is 4. The van der Waals surface area contributed by atoms with E-state index in [1.807, 2.05) is 60.7 Å². The normalized spacial score (nSPS) is 11.0. The Morgan fingerprint density at radius 3 is 2.48 bits per heavy atom. The van der Waals surface area contributed by atoms with Crippen LogP contribution in [-0.2, 0) is 0 Å². The van der Waals surface area contributed by atoms with Crippen molar-refractivity contribution in [2.24, 2.45) is 0 Å². The Bertz CT molecular complexity index is 1130. The molecule has 1 aromatic heterocycles. The fraction of sp³-hybridized carbons (Fsp3) is 0.167. The zero-order valence-electron chi connectivity index (χ0n) is 16.6. The van der Waals surface area contributed by atoms with Crippen LogP contribution in [0.2, 0.25) is 0 Å². The van der Waals surface area contributed by atoms with Crippen LogP contribution in [0.1, 0.15) is 35.7 Å². The van der Waals surface area contributed by atoms with Gasteiger partial charge in [0.05, 0.1) is 12.8 Å². The number of nitrogens with one attached hydrogen (secondary N) is 1. The monoisotopic (exact) mass is 386 g/mol. The molecule has 0 fully saturated rings. The van der Waals surface area contributed by atoms with Crippen molar-refractivity contribution in [3.8, 4) is 17.2 Å². The van der Waals surface area contributed by atoms with Gasteiger partial charge >= 0.3 is 0 Å². The number of methoxy groups -OCH3 is 1. The van der Waals surface area contributed by atoms with Crippen molar-refractivity contribution < 1.29 is 13.9 Å². The molecule has 3 aromatic carbocycles. The van der Waals surface area contributed by atoms with Gasteiger partial charge in [0.1, 0.15) is 11.3 Å². The summed E-state index contributed by atoms with van der Waals surface area (Å²) in [5.74, 6) is 1.27. The lowest BCUT2D eigenvalue weighted by Gasteiger charge is -2.12. The smallest absolute Gasteiger partial charge is 0.255 e. The number of rotatable bonds is 5. The molecular formula is C24H22N2O3. The fourth-order valence-electron chi connectivity index (χ4n) is 3.15. The van der Waals surface area contributed by atoms with E-state index >= 15 is 0 Å². The second-order valence-electron chi connectivity index (χ2n) is 7.13. The van der Waals surface area contributed by atoms with Crippen LogP contribution in [0.3, 0.4) is 0 Å². The number of benzene rings is 3. The topological polar surface area (TPSA) is 64.4 Å². The number of hydrogen-bond donors (Lipinski definition) is 1. The molecule has 0 bridgehead atoms. The Kier molecular flexibility index (Phi) is 5.04. The number of fused-ring (bicyclic) bond motifs is 1. The minimum Gasteiger partial charge on any atom is -0.495 e. The summed E-state index contributed by atoms with van der Waals surface area (Å²) in [4.78, 5) is 17.3. The van der Waals surface area contributed by atoms with Gasteiger partial charge in [-0.3, -0.25) is 4.79 Å². The van der Waals surface area contributed by atoms with Gasteiger partial charge in [0.15, 0.2) is 5.58 Å². The molecule has 0 aliphatic rings. The van der Waals surface area contributed by atoms with Gasteiger partial charge in [-0.1, -0.05) is 38.1 Å². The number of carbonyl (C=O) groups is 1. The Labute approximate surface area is 169 Å². The van der Waals surface area contributed by atoms with Crippen molar-refractivity contribution in [2.45, 2.75) is 19.8 Å². The summed E-state index contributed by atoms with van der Waals surface area (Å²) in [7, 11) is 1.57. The molecule has 0 unspecified atom stereocenters. The molecule has 4 aromatic rings. The van der Waals surface area contributed by atoms with E-state index in [4.69, 9.17) is 9.15 Å². The Balaban J connectivity index is 1.63. The highest BCUT2D eigenvalue weighted by Gasteiger charge is 2.14. The molecule has 146 valence electrons. The molecule has 29 heavy (non-hydrogen) atoms. The maximum Gasteiger partial charge on any atom is 0.255 e. The first-order chi connectivity index (χ1) is 14.0. The SMILES string of the molecule is COc1ccc(-c2nc3ccccc3o2)cc1NC(=O)c1ccc(C(C)C)cc1. The molecule has 0 aliphatic heterocycles. The van der Waals surface area contributed by atoms with Gasteiger partial charge in [0.2, 0.25) is 5.89 Å². The maximum atomic E-state index is 12.7.